The van der Waals surface area contributed by atoms with Gasteiger partial charge in [-0.3, -0.25) is 4.55 Å². The molecule has 0 aliphatic rings. The van der Waals surface area contributed by atoms with Crippen molar-refractivity contribution in [3.8, 4) is 0 Å². The first-order chi connectivity index (χ1) is 13.0. The molecule has 136 valence electrons. The summed E-state index contributed by atoms with van der Waals surface area (Å²) in [6.45, 7) is 3.58. The second-order valence-corrected chi connectivity index (χ2v) is 7.45. The van der Waals surface area contributed by atoms with Crippen molar-refractivity contribution in [3.63, 3.8) is 0 Å². The fourth-order valence-electron chi connectivity index (χ4n) is 3.04. The van der Waals surface area contributed by atoms with Crippen LogP contribution in [0.5, 0.6) is 0 Å². The first-order valence-corrected chi connectivity index (χ1v) is 9.97. The lowest BCUT2D eigenvalue weighted by Crippen LogP contribution is -2.03. The average Bonchev–Trinajstić information content (AvgIpc) is 2.68. The zero-order chi connectivity index (χ0) is 19.3. The predicted molar refractivity (Wildman–Crippen MR) is 112 cm³/mol. The van der Waals surface area contributed by atoms with Gasteiger partial charge in [0.05, 0.1) is 0 Å². The summed E-state index contributed by atoms with van der Waals surface area (Å²) in [5.74, 6) is 0. The Balaban J connectivity index is 0.000000177. The number of benzene rings is 4. The summed E-state index contributed by atoms with van der Waals surface area (Å²) in [7, 11) is -4.23. The van der Waals surface area contributed by atoms with Gasteiger partial charge in [0.25, 0.3) is 10.1 Å². The van der Waals surface area contributed by atoms with Gasteiger partial charge in [0.2, 0.25) is 0 Å². The van der Waals surface area contributed by atoms with Crippen LogP contribution in [0, 0.1) is 0 Å². The summed E-state index contributed by atoms with van der Waals surface area (Å²) in [4.78, 5) is -0.0181. The van der Waals surface area contributed by atoms with Gasteiger partial charge in [-0.1, -0.05) is 91.0 Å². The molecule has 0 radical (unpaired) electrons. The van der Waals surface area contributed by atoms with Crippen LogP contribution < -0.4 is 0 Å². The summed E-state index contributed by atoms with van der Waals surface area (Å²) in [5.41, 5.74) is 0.557. The Morgan fingerprint density at radius 2 is 1.22 bits per heavy atom. The standard InChI is InChI=1S/C13H12O3S.C10H8/c1-2-5-11-9-8-10-6-3-4-7-12(10)13(11)17(14,15)16;1-2-6-10-8-4-3-7-9(10)5-1/h2-4,6-9H,1,5H2,(H,14,15,16);1-8H. The molecule has 0 heterocycles. The Bertz CT molecular complexity index is 1130. The molecule has 0 aliphatic heterocycles. The van der Waals surface area contributed by atoms with Crippen LogP contribution in [0.15, 0.2) is 102 Å². The molecule has 0 fully saturated rings. The minimum absolute atomic E-state index is 0.0181. The molecule has 0 aliphatic carbocycles. The summed E-state index contributed by atoms with van der Waals surface area (Å²) in [5, 5.41) is 3.94. The Morgan fingerprint density at radius 1 is 0.741 bits per heavy atom. The summed E-state index contributed by atoms with van der Waals surface area (Å²) in [6, 6.07) is 27.3. The Hall–Kier alpha value is -2.95. The van der Waals surface area contributed by atoms with Crippen LogP contribution in [0.3, 0.4) is 0 Å². The summed E-state index contributed by atoms with van der Waals surface area (Å²) < 4.78 is 32.3. The fourth-order valence-corrected chi connectivity index (χ4v) is 3.99. The third kappa shape index (κ3) is 4.42. The van der Waals surface area contributed by atoms with Crippen molar-refractivity contribution < 1.29 is 13.0 Å². The molecule has 0 amide bonds. The highest BCUT2D eigenvalue weighted by atomic mass is 32.2. The van der Waals surface area contributed by atoms with Crippen LogP contribution in [0.1, 0.15) is 5.56 Å². The highest BCUT2D eigenvalue weighted by Crippen LogP contribution is 2.27. The summed E-state index contributed by atoms with van der Waals surface area (Å²) in [6.07, 6.45) is 2.01. The molecule has 0 atom stereocenters. The normalized spacial score (nSPS) is 11.0. The Labute approximate surface area is 159 Å². The zero-order valence-corrected chi connectivity index (χ0v) is 15.6. The maximum absolute atomic E-state index is 11.5. The van der Waals surface area contributed by atoms with E-state index in [2.05, 4.69) is 55.1 Å². The number of rotatable bonds is 3. The van der Waals surface area contributed by atoms with E-state index < -0.39 is 10.1 Å². The van der Waals surface area contributed by atoms with E-state index in [0.29, 0.717) is 17.4 Å². The lowest BCUT2D eigenvalue weighted by atomic mass is 10.0. The van der Waals surface area contributed by atoms with Gasteiger partial charge < -0.3 is 0 Å². The molecule has 4 heteroatoms. The van der Waals surface area contributed by atoms with Crippen LogP contribution in [-0.2, 0) is 16.5 Å². The number of allylic oxidation sites excluding steroid dienone is 1. The van der Waals surface area contributed by atoms with Crippen molar-refractivity contribution >= 4 is 31.7 Å². The van der Waals surface area contributed by atoms with Crippen LogP contribution in [0.4, 0.5) is 0 Å². The molecule has 4 aromatic carbocycles. The molecule has 1 N–H and O–H groups in total. The molecule has 27 heavy (non-hydrogen) atoms. The minimum Gasteiger partial charge on any atom is -0.282 e. The smallest absolute Gasteiger partial charge is 0.282 e. The molecule has 0 aromatic heterocycles. The van der Waals surface area contributed by atoms with Gasteiger partial charge in [0.1, 0.15) is 4.90 Å². The highest BCUT2D eigenvalue weighted by Gasteiger charge is 2.18. The van der Waals surface area contributed by atoms with E-state index >= 15 is 0 Å². The maximum Gasteiger partial charge on any atom is 0.295 e. The average molecular weight is 376 g/mol. The molecule has 4 rings (SSSR count). The quantitative estimate of drug-likeness (QED) is 0.371. The largest absolute Gasteiger partial charge is 0.295 e. The topological polar surface area (TPSA) is 54.4 Å². The Kier molecular flexibility index (Phi) is 5.69. The highest BCUT2D eigenvalue weighted by molar-refractivity contribution is 7.86. The minimum atomic E-state index is -4.23. The van der Waals surface area contributed by atoms with Gasteiger partial charge in [0, 0.05) is 5.39 Å². The van der Waals surface area contributed by atoms with Crippen LogP contribution >= 0.6 is 0 Å². The zero-order valence-electron chi connectivity index (χ0n) is 14.7. The lowest BCUT2D eigenvalue weighted by molar-refractivity contribution is 0.483. The first-order valence-electron chi connectivity index (χ1n) is 8.53. The second-order valence-electron chi connectivity index (χ2n) is 6.09. The molecular weight excluding hydrogens is 356 g/mol. The second kappa shape index (κ2) is 8.16. The van der Waals surface area contributed by atoms with E-state index in [9.17, 15) is 13.0 Å². The van der Waals surface area contributed by atoms with Crippen molar-refractivity contribution in [3.05, 3.63) is 103 Å². The third-order valence-electron chi connectivity index (χ3n) is 4.24. The predicted octanol–water partition coefficient (Wildman–Crippen LogP) is 5.65. The maximum atomic E-state index is 11.5. The third-order valence-corrected chi connectivity index (χ3v) is 5.24. The van der Waals surface area contributed by atoms with Gasteiger partial charge in [-0.2, -0.15) is 8.42 Å². The van der Waals surface area contributed by atoms with Crippen molar-refractivity contribution in [2.75, 3.05) is 0 Å². The van der Waals surface area contributed by atoms with E-state index in [1.165, 1.54) is 10.8 Å². The molecule has 0 unspecified atom stereocenters. The molecule has 0 spiro atoms. The SMILES string of the molecule is C=CCc1ccc2ccccc2c1S(=O)(=O)O.c1ccc2ccccc2c1. The lowest BCUT2D eigenvalue weighted by Gasteiger charge is -2.09. The van der Waals surface area contributed by atoms with Gasteiger partial charge >= 0.3 is 0 Å². The Morgan fingerprint density at radius 3 is 1.70 bits per heavy atom. The van der Waals surface area contributed by atoms with Crippen LogP contribution in [0.25, 0.3) is 21.5 Å². The number of hydrogen-bond acceptors (Lipinski definition) is 2. The molecule has 4 aromatic rings. The van der Waals surface area contributed by atoms with E-state index in [1.54, 1.807) is 24.3 Å². The van der Waals surface area contributed by atoms with E-state index in [4.69, 9.17) is 0 Å². The van der Waals surface area contributed by atoms with Gasteiger partial charge in [-0.05, 0) is 28.1 Å². The molecular formula is C23H20O3S. The van der Waals surface area contributed by atoms with Crippen molar-refractivity contribution in [2.45, 2.75) is 11.3 Å². The fraction of sp³-hybridized carbons (Fsp3) is 0.0435. The van der Waals surface area contributed by atoms with E-state index in [0.717, 1.165) is 5.39 Å². The molecule has 3 nitrogen and oxygen atoms in total. The van der Waals surface area contributed by atoms with Crippen molar-refractivity contribution in [1.82, 2.24) is 0 Å². The molecule has 0 saturated heterocycles. The van der Waals surface area contributed by atoms with Crippen LogP contribution in [0.2, 0.25) is 0 Å². The van der Waals surface area contributed by atoms with Crippen molar-refractivity contribution in [1.29, 1.82) is 0 Å². The van der Waals surface area contributed by atoms with E-state index in [1.807, 2.05) is 18.2 Å². The van der Waals surface area contributed by atoms with Crippen LogP contribution in [-0.4, -0.2) is 13.0 Å². The molecule has 0 saturated carbocycles. The van der Waals surface area contributed by atoms with Gasteiger partial charge in [-0.15, -0.1) is 6.58 Å². The monoisotopic (exact) mass is 376 g/mol. The first kappa shape index (κ1) is 18.8. The summed E-state index contributed by atoms with van der Waals surface area (Å²) >= 11 is 0. The number of fused-ring (bicyclic) bond motifs is 2. The molecule has 0 bridgehead atoms. The van der Waals surface area contributed by atoms with Crippen molar-refractivity contribution in [2.24, 2.45) is 0 Å². The van der Waals surface area contributed by atoms with Gasteiger partial charge in [0.15, 0.2) is 0 Å². The number of hydrogen-bond donors (Lipinski definition) is 1. The van der Waals surface area contributed by atoms with E-state index in [-0.39, 0.29) is 4.90 Å². The van der Waals surface area contributed by atoms with Gasteiger partial charge in [-0.25, -0.2) is 0 Å².